The molecule has 0 bridgehead atoms. The van der Waals surface area contributed by atoms with Crippen molar-refractivity contribution in [3.05, 3.63) is 63.6 Å². The Morgan fingerprint density at radius 2 is 2.05 bits per heavy atom. The maximum atomic E-state index is 12.1. The van der Waals surface area contributed by atoms with Crippen LogP contribution in [-0.2, 0) is 6.54 Å². The molecule has 3 nitrogen and oxygen atoms in total. The molecule has 3 heteroatoms. The molecule has 104 valence electrons. The van der Waals surface area contributed by atoms with Gasteiger partial charge in [0.05, 0.1) is 0 Å². The van der Waals surface area contributed by atoms with Gasteiger partial charge in [0.25, 0.3) is 0 Å². The molecule has 1 aromatic heterocycles. The largest absolute Gasteiger partial charge is 0.321 e. The van der Waals surface area contributed by atoms with Gasteiger partial charge in [-0.2, -0.15) is 0 Å². The zero-order chi connectivity index (χ0) is 14.1. The van der Waals surface area contributed by atoms with Crippen LogP contribution in [-0.4, -0.2) is 10.6 Å². The predicted octanol–water partition coefficient (Wildman–Crippen LogP) is 2.71. The SMILES string of the molecule is Cc1cccc(-n2cc(CNC3CC3)c(=O)cc2C)c1. The van der Waals surface area contributed by atoms with E-state index in [1.54, 1.807) is 6.07 Å². The van der Waals surface area contributed by atoms with E-state index in [1.807, 2.05) is 19.2 Å². The summed E-state index contributed by atoms with van der Waals surface area (Å²) in [6.07, 6.45) is 4.44. The third-order valence-corrected chi connectivity index (χ3v) is 3.76. The zero-order valence-corrected chi connectivity index (χ0v) is 12.0. The summed E-state index contributed by atoms with van der Waals surface area (Å²) in [5.74, 6) is 0. The fourth-order valence-corrected chi connectivity index (χ4v) is 2.40. The molecule has 1 aliphatic carbocycles. The van der Waals surface area contributed by atoms with E-state index < -0.39 is 0 Å². The van der Waals surface area contributed by atoms with Gasteiger partial charge >= 0.3 is 0 Å². The molecule has 1 fully saturated rings. The molecular weight excluding hydrogens is 248 g/mol. The number of rotatable bonds is 4. The lowest BCUT2D eigenvalue weighted by atomic mass is 10.2. The van der Waals surface area contributed by atoms with E-state index in [0.717, 1.165) is 16.9 Å². The number of aromatic nitrogens is 1. The monoisotopic (exact) mass is 268 g/mol. The van der Waals surface area contributed by atoms with Crippen LogP contribution in [0.15, 0.2) is 41.3 Å². The summed E-state index contributed by atoms with van der Waals surface area (Å²) in [4.78, 5) is 12.1. The molecule has 1 heterocycles. The summed E-state index contributed by atoms with van der Waals surface area (Å²) in [6.45, 7) is 4.72. The first kappa shape index (κ1) is 13.1. The van der Waals surface area contributed by atoms with Crippen LogP contribution in [0.1, 0.15) is 29.7 Å². The maximum absolute atomic E-state index is 12.1. The first-order valence-corrected chi connectivity index (χ1v) is 7.16. The van der Waals surface area contributed by atoms with Gasteiger partial charge in [-0.15, -0.1) is 0 Å². The van der Waals surface area contributed by atoms with E-state index in [2.05, 4.69) is 35.0 Å². The molecule has 20 heavy (non-hydrogen) atoms. The van der Waals surface area contributed by atoms with Crippen molar-refractivity contribution in [2.75, 3.05) is 0 Å². The van der Waals surface area contributed by atoms with Crippen LogP contribution in [0.5, 0.6) is 0 Å². The van der Waals surface area contributed by atoms with Gasteiger partial charge in [-0.3, -0.25) is 4.79 Å². The van der Waals surface area contributed by atoms with Crippen LogP contribution in [0.25, 0.3) is 5.69 Å². The Morgan fingerprint density at radius 3 is 2.75 bits per heavy atom. The van der Waals surface area contributed by atoms with Crippen molar-refractivity contribution >= 4 is 0 Å². The Morgan fingerprint density at radius 1 is 1.25 bits per heavy atom. The van der Waals surface area contributed by atoms with Crippen molar-refractivity contribution in [3.63, 3.8) is 0 Å². The number of nitrogens with zero attached hydrogens (tertiary/aromatic N) is 1. The van der Waals surface area contributed by atoms with Gasteiger partial charge in [-0.05, 0) is 44.4 Å². The lowest BCUT2D eigenvalue weighted by Gasteiger charge is -2.13. The van der Waals surface area contributed by atoms with Crippen LogP contribution < -0.4 is 10.7 Å². The van der Waals surface area contributed by atoms with Gasteiger partial charge in [0, 0.05) is 41.8 Å². The van der Waals surface area contributed by atoms with Crippen LogP contribution in [0.2, 0.25) is 0 Å². The number of pyridine rings is 1. The van der Waals surface area contributed by atoms with Gasteiger partial charge in [0.15, 0.2) is 5.43 Å². The first-order chi connectivity index (χ1) is 9.63. The molecule has 1 aliphatic rings. The van der Waals surface area contributed by atoms with Gasteiger partial charge in [-0.1, -0.05) is 12.1 Å². The summed E-state index contributed by atoms with van der Waals surface area (Å²) >= 11 is 0. The molecule has 1 saturated carbocycles. The Hall–Kier alpha value is -1.87. The molecule has 3 rings (SSSR count). The molecular formula is C17H20N2O. The van der Waals surface area contributed by atoms with Crippen LogP contribution >= 0.6 is 0 Å². The summed E-state index contributed by atoms with van der Waals surface area (Å²) < 4.78 is 2.10. The van der Waals surface area contributed by atoms with E-state index in [1.165, 1.54) is 18.4 Å². The van der Waals surface area contributed by atoms with Gasteiger partial charge in [0.1, 0.15) is 0 Å². The molecule has 0 radical (unpaired) electrons. The van der Waals surface area contributed by atoms with E-state index in [4.69, 9.17) is 0 Å². The second-order valence-corrected chi connectivity index (χ2v) is 5.67. The summed E-state index contributed by atoms with van der Waals surface area (Å²) in [7, 11) is 0. The van der Waals surface area contributed by atoms with Crippen molar-refractivity contribution in [3.8, 4) is 5.69 Å². The predicted molar refractivity (Wildman–Crippen MR) is 81.4 cm³/mol. The quantitative estimate of drug-likeness (QED) is 0.925. The molecule has 0 atom stereocenters. The van der Waals surface area contributed by atoms with Gasteiger partial charge in [0.2, 0.25) is 0 Å². The third kappa shape index (κ3) is 2.83. The molecule has 0 spiro atoms. The minimum Gasteiger partial charge on any atom is -0.321 e. The number of hydrogen-bond donors (Lipinski definition) is 1. The van der Waals surface area contributed by atoms with Crippen molar-refractivity contribution in [2.24, 2.45) is 0 Å². The third-order valence-electron chi connectivity index (χ3n) is 3.76. The van der Waals surface area contributed by atoms with Gasteiger partial charge < -0.3 is 9.88 Å². The molecule has 0 saturated heterocycles. The summed E-state index contributed by atoms with van der Waals surface area (Å²) in [6, 6.07) is 10.7. The minimum absolute atomic E-state index is 0.125. The molecule has 0 aliphatic heterocycles. The van der Waals surface area contributed by atoms with E-state index in [9.17, 15) is 4.79 Å². The lowest BCUT2D eigenvalue weighted by molar-refractivity contribution is 0.679. The number of nitrogens with one attached hydrogen (secondary N) is 1. The number of hydrogen-bond acceptors (Lipinski definition) is 2. The number of aryl methyl sites for hydroxylation is 2. The Labute approximate surface area is 119 Å². The topological polar surface area (TPSA) is 34.0 Å². The molecule has 0 unspecified atom stereocenters. The van der Waals surface area contributed by atoms with Crippen molar-refractivity contribution < 1.29 is 0 Å². The Balaban J connectivity index is 1.96. The molecule has 2 aromatic rings. The Bertz CT molecular complexity index is 684. The summed E-state index contributed by atoms with van der Waals surface area (Å²) in [5.41, 5.74) is 4.26. The average Bonchev–Trinajstić information content (AvgIpc) is 3.22. The van der Waals surface area contributed by atoms with Crippen LogP contribution in [0, 0.1) is 13.8 Å². The highest BCUT2D eigenvalue weighted by Gasteiger charge is 2.20. The van der Waals surface area contributed by atoms with Crippen molar-refractivity contribution in [2.45, 2.75) is 39.3 Å². The number of benzene rings is 1. The minimum atomic E-state index is 0.125. The summed E-state index contributed by atoms with van der Waals surface area (Å²) in [5, 5.41) is 3.41. The maximum Gasteiger partial charge on any atom is 0.186 e. The van der Waals surface area contributed by atoms with Crippen molar-refractivity contribution in [1.82, 2.24) is 9.88 Å². The highest BCUT2D eigenvalue weighted by molar-refractivity contribution is 5.38. The van der Waals surface area contributed by atoms with E-state index >= 15 is 0 Å². The first-order valence-electron chi connectivity index (χ1n) is 7.16. The second-order valence-electron chi connectivity index (χ2n) is 5.67. The zero-order valence-electron chi connectivity index (χ0n) is 12.0. The van der Waals surface area contributed by atoms with E-state index in [0.29, 0.717) is 12.6 Å². The molecule has 1 N–H and O–H groups in total. The standard InChI is InChI=1S/C17H20N2O/c1-12-4-3-5-16(8-12)19-11-14(10-18-15-6-7-15)17(20)9-13(19)2/h3-5,8-9,11,15,18H,6-7,10H2,1-2H3. The second kappa shape index (κ2) is 5.25. The van der Waals surface area contributed by atoms with Crippen molar-refractivity contribution in [1.29, 1.82) is 0 Å². The van der Waals surface area contributed by atoms with Crippen LogP contribution in [0.4, 0.5) is 0 Å². The average molecular weight is 268 g/mol. The fraction of sp³-hybridized carbons (Fsp3) is 0.353. The lowest BCUT2D eigenvalue weighted by Crippen LogP contribution is -2.22. The normalized spacial score (nSPS) is 14.5. The highest BCUT2D eigenvalue weighted by atomic mass is 16.1. The van der Waals surface area contributed by atoms with Gasteiger partial charge in [-0.25, -0.2) is 0 Å². The molecule has 1 aromatic carbocycles. The smallest absolute Gasteiger partial charge is 0.186 e. The molecule has 0 amide bonds. The van der Waals surface area contributed by atoms with Crippen LogP contribution in [0.3, 0.4) is 0 Å². The highest BCUT2D eigenvalue weighted by Crippen LogP contribution is 2.19. The Kier molecular flexibility index (Phi) is 3.45. The van der Waals surface area contributed by atoms with E-state index in [-0.39, 0.29) is 5.43 Å². The fourth-order valence-electron chi connectivity index (χ4n) is 2.40.